The van der Waals surface area contributed by atoms with Crippen LogP contribution in [0.15, 0.2) is 40.4 Å². The van der Waals surface area contributed by atoms with Crippen LogP contribution in [0.3, 0.4) is 0 Å². The van der Waals surface area contributed by atoms with E-state index in [1.54, 1.807) is 19.1 Å². The molecule has 1 fully saturated rings. The maximum atomic E-state index is 13.1. The van der Waals surface area contributed by atoms with Gasteiger partial charge in [-0.05, 0) is 49.9 Å². The van der Waals surface area contributed by atoms with Crippen LogP contribution in [0.2, 0.25) is 0 Å². The highest BCUT2D eigenvalue weighted by atomic mass is 32.2. The van der Waals surface area contributed by atoms with E-state index in [0.717, 1.165) is 43.9 Å². The number of nitrogens with zero attached hydrogens (tertiary/aromatic N) is 4. The Bertz CT molecular complexity index is 1170. The monoisotopic (exact) mass is 428 g/mol. The second-order valence-electron chi connectivity index (χ2n) is 8.95. The maximum absolute atomic E-state index is 13.1. The summed E-state index contributed by atoms with van der Waals surface area (Å²) in [6.07, 6.45) is 3.53. The Labute approximate surface area is 177 Å². The molecule has 4 rings (SSSR count). The van der Waals surface area contributed by atoms with E-state index in [-0.39, 0.29) is 15.3 Å². The van der Waals surface area contributed by atoms with Gasteiger partial charge >= 0.3 is 0 Å². The molecule has 0 bridgehead atoms. The van der Waals surface area contributed by atoms with Gasteiger partial charge in [0.2, 0.25) is 9.84 Å². The summed E-state index contributed by atoms with van der Waals surface area (Å²) >= 11 is 0. The van der Waals surface area contributed by atoms with Crippen molar-refractivity contribution < 1.29 is 13.2 Å². The predicted octanol–water partition coefficient (Wildman–Crippen LogP) is 3.69. The number of aryl methyl sites for hydroxylation is 1. The summed E-state index contributed by atoms with van der Waals surface area (Å²) in [5, 5.41) is 0.00651. The first-order valence-electron chi connectivity index (χ1n) is 10.3. The fourth-order valence-corrected chi connectivity index (χ4v) is 5.17. The maximum Gasteiger partial charge on any atom is 0.224 e. The van der Waals surface area contributed by atoms with Crippen LogP contribution >= 0.6 is 0 Å². The summed E-state index contributed by atoms with van der Waals surface area (Å²) in [6.45, 7) is 10.5. The van der Waals surface area contributed by atoms with E-state index in [0.29, 0.717) is 17.3 Å². The molecule has 8 heteroatoms. The van der Waals surface area contributed by atoms with Crippen molar-refractivity contribution in [2.45, 2.75) is 62.4 Å². The Morgan fingerprint density at radius 1 is 1.13 bits per heavy atom. The number of fused-ring (bicyclic) bond motifs is 1. The molecule has 0 saturated carbocycles. The van der Waals surface area contributed by atoms with Crippen molar-refractivity contribution in [2.24, 2.45) is 5.92 Å². The lowest BCUT2D eigenvalue weighted by atomic mass is 9.94. The van der Waals surface area contributed by atoms with E-state index in [9.17, 15) is 8.42 Å². The molecule has 160 valence electrons. The first-order chi connectivity index (χ1) is 14.2. The molecule has 0 atom stereocenters. The van der Waals surface area contributed by atoms with E-state index < -0.39 is 9.84 Å². The number of sulfone groups is 1. The number of benzene rings is 1. The third-order valence-corrected chi connectivity index (χ3v) is 7.16. The van der Waals surface area contributed by atoms with Gasteiger partial charge in [0, 0.05) is 31.4 Å². The lowest BCUT2D eigenvalue weighted by Crippen LogP contribution is -2.25. The van der Waals surface area contributed by atoms with Crippen molar-refractivity contribution in [3.8, 4) is 0 Å². The fraction of sp³-hybridized carbons (Fsp3) is 0.500. The van der Waals surface area contributed by atoms with Gasteiger partial charge in [0.05, 0.1) is 15.9 Å². The molecule has 30 heavy (non-hydrogen) atoms. The van der Waals surface area contributed by atoms with Crippen LogP contribution < -0.4 is 0 Å². The van der Waals surface area contributed by atoms with Crippen molar-refractivity contribution in [3.05, 3.63) is 42.1 Å². The smallest absolute Gasteiger partial charge is 0.224 e. The summed E-state index contributed by atoms with van der Waals surface area (Å²) in [7, 11) is -3.74. The largest absolute Gasteiger partial charge is 0.381 e. The Balaban J connectivity index is 1.80. The summed E-state index contributed by atoms with van der Waals surface area (Å²) in [4.78, 5) is 13.2. The molecule has 0 amide bonds. The SMILES string of the molecule is Cc1nccc(S(=O)(=O)c2ccc3c(c2)nc(C(C)(C)C)n3CC2CCOCC2)n1. The summed E-state index contributed by atoms with van der Waals surface area (Å²) in [5.74, 6) is 1.92. The quantitative estimate of drug-likeness (QED) is 0.589. The zero-order valence-corrected chi connectivity index (χ0v) is 18.7. The van der Waals surface area contributed by atoms with Crippen LogP contribution in [0.25, 0.3) is 11.0 Å². The van der Waals surface area contributed by atoms with Crippen molar-refractivity contribution in [1.29, 1.82) is 0 Å². The van der Waals surface area contributed by atoms with E-state index in [2.05, 4.69) is 35.3 Å². The highest BCUT2D eigenvalue weighted by Gasteiger charge is 2.27. The normalized spacial score (nSPS) is 16.3. The number of ether oxygens (including phenoxy) is 1. The molecular weight excluding hydrogens is 400 g/mol. The fourth-order valence-electron chi connectivity index (χ4n) is 3.93. The summed E-state index contributed by atoms with van der Waals surface area (Å²) in [6, 6.07) is 6.62. The van der Waals surface area contributed by atoms with Crippen LogP contribution in [0, 0.1) is 12.8 Å². The van der Waals surface area contributed by atoms with E-state index >= 15 is 0 Å². The van der Waals surface area contributed by atoms with Crippen LogP contribution in [0.5, 0.6) is 0 Å². The predicted molar refractivity (Wildman–Crippen MR) is 114 cm³/mol. The van der Waals surface area contributed by atoms with Gasteiger partial charge in [-0.25, -0.2) is 23.4 Å². The second kappa shape index (κ2) is 7.74. The van der Waals surface area contributed by atoms with Crippen molar-refractivity contribution in [3.63, 3.8) is 0 Å². The first kappa shape index (κ1) is 20.9. The molecule has 0 unspecified atom stereocenters. The minimum atomic E-state index is -3.74. The van der Waals surface area contributed by atoms with Crippen LogP contribution in [0.4, 0.5) is 0 Å². The molecular formula is C22H28N4O3S. The number of hydrogen-bond acceptors (Lipinski definition) is 6. The summed E-state index contributed by atoms with van der Waals surface area (Å²) in [5.41, 5.74) is 1.50. The van der Waals surface area contributed by atoms with Crippen molar-refractivity contribution in [1.82, 2.24) is 19.5 Å². The van der Waals surface area contributed by atoms with Crippen LogP contribution in [-0.4, -0.2) is 41.2 Å². The molecule has 7 nitrogen and oxygen atoms in total. The Morgan fingerprint density at radius 3 is 2.53 bits per heavy atom. The van der Waals surface area contributed by atoms with Gasteiger partial charge in [-0.2, -0.15) is 0 Å². The van der Waals surface area contributed by atoms with Gasteiger partial charge < -0.3 is 9.30 Å². The second-order valence-corrected chi connectivity index (χ2v) is 10.8. The minimum Gasteiger partial charge on any atom is -0.381 e. The highest BCUT2D eigenvalue weighted by molar-refractivity contribution is 7.91. The Kier molecular flexibility index (Phi) is 5.40. The first-order valence-corrected chi connectivity index (χ1v) is 11.8. The molecule has 1 aliphatic heterocycles. The zero-order chi connectivity index (χ0) is 21.5. The van der Waals surface area contributed by atoms with Crippen LogP contribution in [0.1, 0.15) is 45.3 Å². The summed E-state index contributed by atoms with van der Waals surface area (Å²) < 4.78 is 34.0. The van der Waals surface area contributed by atoms with Gasteiger partial charge in [0.1, 0.15) is 11.6 Å². The molecule has 1 saturated heterocycles. The number of hydrogen-bond donors (Lipinski definition) is 0. The molecule has 3 aromatic rings. The Hall–Kier alpha value is -2.32. The molecule has 0 N–H and O–H groups in total. The lowest BCUT2D eigenvalue weighted by molar-refractivity contribution is 0.0611. The third-order valence-electron chi connectivity index (χ3n) is 5.51. The molecule has 0 spiro atoms. The topological polar surface area (TPSA) is 87.0 Å². The van der Waals surface area contributed by atoms with Gasteiger partial charge in [-0.3, -0.25) is 0 Å². The van der Waals surface area contributed by atoms with Gasteiger partial charge in [-0.1, -0.05) is 20.8 Å². The molecule has 2 aromatic heterocycles. The van der Waals surface area contributed by atoms with E-state index in [1.165, 1.54) is 12.3 Å². The Morgan fingerprint density at radius 2 is 1.87 bits per heavy atom. The average molecular weight is 429 g/mol. The van der Waals surface area contributed by atoms with Crippen molar-refractivity contribution in [2.75, 3.05) is 13.2 Å². The van der Waals surface area contributed by atoms with E-state index in [4.69, 9.17) is 9.72 Å². The van der Waals surface area contributed by atoms with E-state index in [1.807, 2.05) is 6.07 Å². The molecule has 0 aliphatic carbocycles. The van der Waals surface area contributed by atoms with Crippen molar-refractivity contribution >= 4 is 20.9 Å². The minimum absolute atomic E-state index is 0.00651. The molecule has 3 heterocycles. The average Bonchev–Trinajstić information content (AvgIpc) is 3.07. The number of rotatable bonds is 4. The standard InChI is InChI=1S/C22H28N4O3S/c1-15-23-10-7-20(24-15)30(27,28)17-5-6-19-18(13-17)25-21(22(2,3)4)26(19)14-16-8-11-29-12-9-16/h5-7,10,13,16H,8-9,11-12,14H2,1-4H3. The molecule has 1 aromatic carbocycles. The lowest BCUT2D eigenvalue weighted by Gasteiger charge is -2.26. The third kappa shape index (κ3) is 3.98. The molecule has 1 aliphatic rings. The van der Waals surface area contributed by atoms with Gasteiger partial charge in [0.25, 0.3) is 0 Å². The van der Waals surface area contributed by atoms with Crippen LogP contribution in [-0.2, 0) is 26.5 Å². The zero-order valence-electron chi connectivity index (χ0n) is 17.9. The highest BCUT2D eigenvalue weighted by Crippen LogP contribution is 2.31. The number of imidazole rings is 1. The molecule has 0 radical (unpaired) electrons. The van der Waals surface area contributed by atoms with Gasteiger partial charge in [0.15, 0.2) is 5.03 Å². The number of aromatic nitrogens is 4. The van der Waals surface area contributed by atoms with Gasteiger partial charge in [-0.15, -0.1) is 0 Å².